The molecule has 0 aliphatic heterocycles. The normalized spacial score (nSPS) is 38.8. The second-order valence-corrected chi connectivity index (χ2v) is 8.06. The molecule has 122 valence electrons. The third-order valence-electron chi connectivity index (χ3n) is 6.51. The number of ketones is 2. The summed E-state index contributed by atoms with van der Waals surface area (Å²) in [7, 11) is 0. The first-order valence-electron chi connectivity index (χ1n) is 8.25. The molecular weight excluding hydrogens is 290 g/mol. The molecule has 1 fully saturated rings. The molecular formula is C19H23NO3. The standard InChI is InChI=1S/C19H23NO3/c1-17(2)14-5-7-19(11-21)6-4-13(22)8-15(19)18(14,3)9-12(10-20)16(17)23/h8-9,14,21H,4-7,11H2,1-3H3/t14-,18?,19?/m0/s1. The summed E-state index contributed by atoms with van der Waals surface area (Å²) in [6.45, 7) is 5.84. The Morgan fingerprint density at radius 2 is 2.00 bits per heavy atom. The van der Waals surface area contributed by atoms with Gasteiger partial charge in [-0.3, -0.25) is 9.59 Å². The van der Waals surface area contributed by atoms with Gasteiger partial charge in [-0.2, -0.15) is 5.26 Å². The van der Waals surface area contributed by atoms with E-state index in [0.29, 0.717) is 12.8 Å². The molecule has 0 bridgehead atoms. The Kier molecular flexibility index (Phi) is 3.42. The number of rotatable bonds is 1. The second kappa shape index (κ2) is 4.88. The monoisotopic (exact) mass is 313 g/mol. The summed E-state index contributed by atoms with van der Waals surface area (Å²) in [6, 6.07) is 2.04. The zero-order valence-electron chi connectivity index (χ0n) is 14.0. The number of Topliss-reactive ketones (excluding diaryl/α,β-unsaturated/α-hetero) is 1. The van der Waals surface area contributed by atoms with Crippen molar-refractivity contribution < 1.29 is 14.7 Å². The fourth-order valence-electron chi connectivity index (χ4n) is 5.26. The summed E-state index contributed by atoms with van der Waals surface area (Å²) in [5, 5.41) is 19.5. The van der Waals surface area contributed by atoms with E-state index in [1.165, 1.54) is 0 Å². The van der Waals surface area contributed by atoms with Gasteiger partial charge in [0.15, 0.2) is 11.6 Å². The quantitative estimate of drug-likeness (QED) is 0.807. The van der Waals surface area contributed by atoms with Crippen LogP contribution < -0.4 is 0 Å². The van der Waals surface area contributed by atoms with Gasteiger partial charge < -0.3 is 5.11 Å². The van der Waals surface area contributed by atoms with E-state index < -0.39 is 10.8 Å². The van der Waals surface area contributed by atoms with Crippen LogP contribution in [0.15, 0.2) is 23.3 Å². The number of aliphatic hydroxyl groups excluding tert-OH is 1. The number of aliphatic hydroxyl groups is 1. The van der Waals surface area contributed by atoms with Crippen molar-refractivity contribution in [3.8, 4) is 6.07 Å². The molecule has 4 nitrogen and oxygen atoms in total. The van der Waals surface area contributed by atoms with Crippen molar-refractivity contribution in [3.63, 3.8) is 0 Å². The number of allylic oxidation sites excluding steroid dienone is 3. The van der Waals surface area contributed by atoms with Crippen molar-refractivity contribution in [1.29, 1.82) is 5.26 Å². The minimum Gasteiger partial charge on any atom is -0.395 e. The van der Waals surface area contributed by atoms with Crippen molar-refractivity contribution >= 4 is 11.6 Å². The van der Waals surface area contributed by atoms with Gasteiger partial charge >= 0.3 is 0 Å². The van der Waals surface area contributed by atoms with Gasteiger partial charge in [0.05, 0.1) is 12.2 Å². The van der Waals surface area contributed by atoms with Crippen LogP contribution in [0, 0.1) is 33.5 Å². The Morgan fingerprint density at radius 1 is 1.30 bits per heavy atom. The summed E-state index contributed by atoms with van der Waals surface area (Å²) in [5.74, 6) is 0.00528. The Labute approximate surface area is 136 Å². The molecule has 0 aromatic heterocycles. The number of carbonyl (C=O) groups is 2. The maximum atomic E-state index is 12.6. The number of carbonyl (C=O) groups excluding carboxylic acids is 2. The molecule has 2 unspecified atom stereocenters. The van der Waals surface area contributed by atoms with Crippen molar-refractivity contribution in [3.05, 3.63) is 23.3 Å². The van der Waals surface area contributed by atoms with E-state index in [2.05, 4.69) is 0 Å². The largest absolute Gasteiger partial charge is 0.395 e. The number of nitriles is 1. The van der Waals surface area contributed by atoms with Crippen LogP contribution in [-0.4, -0.2) is 23.3 Å². The molecule has 0 heterocycles. The van der Waals surface area contributed by atoms with Crippen molar-refractivity contribution in [1.82, 2.24) is 0 Å². The van der Waals surface area contributed by atoms with Gasteiger partial charge in [0.25, 0.3) is 0 Å². The summed E-state index contributed by atoms with van der Waals surface area (Å²) < 4.78 is 0. The molecule has 3 rings (SSSR count). The molecule has 0 aromatic rings. The molecule has 23 heavy (non-hydrogen) atoms. The number of hydrogen-bond donors (Lipinski definition) is 1. The molecule has 0 radical (unpaired) electrons. The zero-order chi connectivity index (χ0) is 17.0. The van der Waals surface area contributed by atoms with Gasteiger partial charge in [-0.15, -0.1) is 0 Å². The third-order valence-corrected chi connectivity index (χ3v) is 6.51. The van der Waals surface area contributed by atoms with Gasteiger partial charge in [0.1, 0.15) is 6.07 Å². The average Bonchev–Trinajstić information content (AvgIpc) is 2.52. The van der Waals surface area contributed by atoms with Crippen LogP contribution in [0.2, 0.25) is 0 Å². The van der Waals surface area contributed by atoms with Crippen LogP contribution in [0.3, 0.4) is 0 Å². The summed E-state index contributed by atoms with van der Waals surface area (Å²) >= 11 is 0. The van der Waals surface area contributed by atoms with Crippen molar-refractivity contribution in [2.24, 2.45) is 22.2 Å². The highest BCUT2D eigenvalue weighted by Gasteiger charge is 2.59. The molecule has 0 aromatic carbocycles. The molecule has 0 spiro atoms. The van der Waals surface area contributed by atoms with Crippen molar-refractivity contribution in [2.75, 3.05) is 6.61 Å². The van der Waals surface area contributed by atoms with Crippen LogP contribution in [-0.2, 0) is 9.59 Å². The summed E-state index contributed by atoms with van der Waals surface area (Å²) in [4.78, 5) is 24.7. The van der Waals surface area contributed by atoms with Gasteiger partial charge in [0, 0.05) is 22.7 Å². The summed E-state index contributed by atoms with van der Waals surface area (Å²) in [6.07, 6.45) is 6.16. The maximum Gasteiger partial charge on any atom is 0.178 e. The van der Waals surface area contributed by atoms with Crippen LogP contribution in [0.1, 0.15) is 46.5 Å². The van der Waals surface area contributed by atoms with Crippen molar-refractivity contribution in [2.45, 2.75) is 46.5 Å². The first-order chi connectivity index (χ1) is 10.7. The zero-order valence-corrected chi connectivity index (χ0v) is 14.0. The highest BCUT2D eigenvalue weighted by Crippen LogP contribution is 2.63. The van der Waals surface area contributed by atoms with Gasteiger partial charge in [-0.25, -0.2) is 0 Å². The minimum absolute atomic E-state index is 0.0124. The van der Waals surface area contributed by atoms with E-state index in [9.17, 15) is 20.0 Å². The van der Waals surface area contributed by atoms with Crippen LogP contribution >= 0.6 is 0 Å². The SMILES string of the molecule is CC1(C)C(=O)C(C#N)=CC2(C)C3=CC(=O)CCC3(CO)CC[C@@H]12. The number of fused-ring (bicyclic) bond motifs is 3. The van der Waals surface area contributed by atoms with E-state index >= 15 is 0 Å². The number of hydrogen-bond acceptors (Lipinski definition) is 4. The lowest BCUT2D eigenvalue weighted by molar-refractivity contribution is -0.131. The molecule has 3 aliphatic rings. The number of nitrogens with zero attached hydrogens (tertiary/aromatic N) is 1. The topological polar surface area (TPSA) is 78.2 Å². The van der Waals surface area contributed by atoms with E-state index in [0.717, 1.165) is 18.4 Å². The lowest BCUT2D eigenvalue weighted by atomic mass is 9.45. The molecule has 0 saturated heterocycles. The second-order valence-electron chi connectivity index (χ2n) is 8.06. The minimum atomic E-state index is -0.641. The third kappa shape index (κ3) is 1.99. The highest BCUT2D eigenvalue weighted by atomic mass is 16.3. The van der Waals surface area contributed by atoms with E-state index in [-0.39, 0.29) is 35.1 Å². The molecule has 3 atom stereocenters. The van der Waals surface area contributed by atoms with Crippen LogP contribution in [0.25, 0.3) is 0 Å². The lowest BCUT2D eigenvalue weighted by Crippen LogP contribution is -2.55. The molecule has 1 saturated carbocycles. The van der Waals surface area contributed by atoms with Gasteiger partial charge in [-0.05, 0) is 36.8 Å². The van der Waals surface area contributed by atoms with Crippen LogP contribution in [0.5, 0.6) is 0 Å². The highest BCUT2D eigenvalue weighted by molar-refractivity contribution is 6.04. The lowest BCUT2D eigenvalue weighted by Gasteiger charge is -2.58. The molecule has 1 N–H and O–H groups in total. The Bertz CT molecular complexity index is 694. The average molecular weight is 313 g/mol. The Morgan fingerprint density at radius 3 is 2.61 bits per heavy atom. The molecule has 3 aliphatic carbocycles. The van der Waals surface area contributed by atoms with Gasteiger partial charge in [-0.1, -0.05) is 26.8 Å². The van der Waals surface area contributed by atoms with E-state index in [4.69, 9.17) is 0 Å². The van der Waals surface area contributed by atoms with Gasteiger partial charge in [0.2, 0.25) is 0 Å². The predicted molar refractivity (Wildman–Crippen MR) is 85.2 cm³/mol. The predicted octanol–water partition coefficient (Wildman–Crippen LogP) is 2.73. The first-order valence-corrected chi connectivity index (χ1v) is 8.25. The van der Waals surface area contributed by atoms with E-state index in [1.54, 1.807) is 12.2 Å². The molecule has 4 heteroatoms. The van der Waals surface area contributed by atoms with E-state index in [1.807, 2.05) is 26.8 Å². The molecule has 0 amide bonds. The summed E-state index contributed by atoms with van der Waals surface area (Å²) in [5.41, 5.74) is -0.446. The Balaban J connectivity index is 2.26. The first kappa shape index (κ1) is 16.1. The maximum absolute atomic E-state index is 12.6. The smallest absolute Gasteiger partial charge is 0.178 e. The fourth-order valence-corrected chi connectivity index (χ4v) is 5.26. The Hall–Kier alpha value is -1.73. The van der Waals surface area contributed by atoms with Crippen LogP contribution in [0.4, 0.5) is 0 Å². The fraction of sp³-hybridized carbons (Fsp3) is 0.632.